The van der Waals surface area contributed by atoms with Gasteiger partial charge in [-0.2, -0.15) is 4.31 Å². The molecule has 3 aliphatic heterocycles. The van der Waals surface area contributed by atoms with Gasteiger partial charge in [-0.1, -0.05) is 0 Å². The van der Waals surface area contributed by atoms with Crippen LogP contribution >= 0.6 is 0 Å². The van der Waals surface area contributed by atoms with Crippen LogP contribution in [0.2, 0.25) is 0 Å². The maximum atomic E-state index is 13.5. The SMILES string of the molecule is O=S1(=O)CCC(N(CCCN2CCOCC2)S(=O)(=O)c2ccc3c(c2)CCO3)C1. The number of hydrogen-bond donors (Lipinski definition) is 0. The first kappa shape index (κ1) is 21.0. The van der Waals surface area contributed by atoms with Crippen molar-refractivity contribution in [1.82, 2.24) is 9.21 Å². The summed E-state index contributed by atoms with van der Waals surface area (Å²) in [7, 11) is -6.98. The molecular weight excluding hydrogens is 416 g/mol. The van der Waals surface area contributed by atoms with E-state index in [9.17, 15) is 16.8 Å². The van der Waals surface area contributed by atoms with E-state index in [0.29, 0.717) is 45.6 Å². The van der Waals surface area contributed by atoms with E-state index in [1.165, 1.54) is 4.31 Å². The Morgan fingerprint density at radius 3 is 2.69 bits per heavy atom. The van der Waals surface area contributed by atoms with Gasteiger partial charge in [-0.15, -0.1) is 0 Å². The molecule has 8 nitrogen and oxygen atoms in total. The predicted molar refractivity (Wildman–Crippen MR) is 108 cm³/mol. The second-order valence-electron chi connectivity index (χ2n) is 7.85. The third kappa shape index (κ3) is 4.77. The Morgan fingerprint density at radius 1 is 1.17 bits per heavy atom. The normalized spacial score (nSPS) is 24.5. The number of ether oxygens (including phenoxy) is 2. The van der Waals surface area contributed by atoms with Gasteiger partial charge in [-0.3, -0.25) is 4.90 Å². The fourth-order valence-electron chi connectivity index (χ4n) is 4.24. The number of sulfone groups is 1. The molecule has 0 spiro atoms. The molecule has 1 aromatic carbocycles. The second kappa shape index (κ2) is 8.50. The molecule has 0 aromatic heterocycles. The van der Waals surface area contributed by atoms with Gasteiger partial charge in [-0.05, 0) is 43.1 Å². The quantitative estimate of drug-likeness (QED) is 0.605. The van der Waals surface area contributed by atoms with Gasteiger partial charge >= 0.3 is 0 Å². The highest BCUT2D eigenvalue weighted by atomic mass is 32.2. The molecule has 4 rings (SSSR count). The van der Waals surface area contributed by atoms with E-state index in [1.54, 1.807) is 18.2 Å². The summed E-state index contributed by atoms with van der Waals surface area (Å²) in [5, 5.41) is 0. The molecule has 2 fully saturated rings. The Morgan fingerprint density at radius 2 is 1.97 bits per heavy atom. The summed E-state index contributed by atoms with van der Waals surface area (Å²) >= 11 is 0. The number of nitrogens with zero attached hydrogens (tertiary/aromatic N) is 2. The van der Waals surface area contributed by atoms with Crippen LogP contribution in [0.25, 0.3) is 0 Å². The summed E-state index contributed by atoms with van der Waals surface area (Å²) in [4.78, 5) is 2.48. The van der Waals surface area contributed by atoms with Crippen molar-refractivity contribution in [3.8, 4) is 5.75 Å². The average molecular weight is 445 g/mol. The minimum atomic E-state index is -3.79. The number of benzene rings is 1. The zero-order valence-electron chi connectivity index (χ0n) is 16.5. The van der Waals surface area contributed by atoms with Crippen LogP contribution in [-0.2, 0) is 31.0 Å². The van der Waals surface area contributed by atoms with Gasteiger partial charge in [0.2, 0.25) is 10.0 Å². The molecule has 0 saturated carbocycles. The van der Waals surface area contributed by atoms with Crippen molar-refractivity contribution in [2.45, 2.75) is 30.2 Å². The van der Waals surface area contributed by atoms with Gasteiger partial charge in [0.25, 0.3) is 0 Å². The molecule has 10 heteroatoms. The maximum absolute atomic E-state index is 13.5. The molecule has 2 saturated heterocycles. The monoisotopic (exact) mass is 444 g/mol. The smallest absolute Gasteiger partial charge is 0.243 e. The molecule has 0 amide bonds. The Hall–Kier alpha value is -1.20. The number of rotatable bonds is 7. The molecule has 162 valence electrons. The summed E-state index contributed by atoms with van der Waals surface area (Å²) in [6.45, 7) is 4.72. The lowest BCUT2D eigenvalue weighted by Crippen LogP contribution is -2.43. The third-order valence-electron chi connectivity index (χ3n) is 5.84. The first-order chi connectivity index (χ1) is 13.9. The van der Waals surface area contributed by atoms with Crippen LogP contribution < -0.4 is 4.74 Å². The van der Waals surface area contributed by atoms with Gasteiger partial charge in [0.1, 0.15) is 5.75 Å². The van der Waals surface area contributed by atoms with Gasteiger partial charge in [-0.25, -0.2) is 16.8 Å². The van der Waals surface area contributed by atoms with Gasteiger partial charge in [0.15, 0.2) is 9.84 Å². The van der Waals surface area contributed by atoms with Crippen molar-refractivity contribution in [2.75, 3.05) is 57.5 Å². The number of morpholine rings is 1. The van der Waals surface area contributed by atoms with E-state index in [-0.39, 0.29) is 16.4 Å². The van der Waals surface area contributed by atoms with Crippen LogP contribution in [-0.4, -0.2) is 89.6 Å². The minimum absolute atomic E-state index is 0.0468. The fraction of sp³-hybridized carbons (Fsp3) is 0.684. The van der Waals surface area contributed by atoms with Crippen molar-refractivity contribution in [3.63, 3.8) is 0 Å². The maximum Gasteiger partial charge on any atom is 0.243 e. The zero-order chi connectivity index (χ0) is 20.5. The lowest BCUT2D eigenvalue weighted by molar-refractivity contribution is 0.0367. The molecule has 1 atom stereocenters. The number of fused-ring (bicyclic) bond motifs is 1. The first-order valence-electron chi connectivity index (χ1n) is 10.1. The highest BCUT2D eigenvalue weighted by molar-refractivity contribution is 7.92. The Labute approximate surface area is 172 Å². The van der Waals surface area contributed by atoms with Crippen LogP contribution in [0, 0.1) is 0 Å². The van der Waals surface area contributed by atoms with Crippen molar-refractivity contribution < 1.29 is 26.3 Å². The Bertz CT molecular complexity index is 941. The van der Waals surface area contributed by atoms with Crippen LogP contribution in [0.4, 0.5) is 0 Å². The molecule has 3 aliphatic rings. The molecule has 0 radical (unpaired) electrons. The van der Waals surface area contributed by atoms with Crippen molar-refractivity contribution >= 4 is 19.9 Å². The summed E-state index contributed by atoms with van der Waals surface area (Å²) in [5.74, 6) is 0.675. The van der Waals surface area contributed by atoms with Gasteiger partial charge in [0.05, 0.1) is 36.2 Å². The van der Waals surface area contributed by atoms with E-state index < -0.39 is 25.9 Å². The molecule has 0 aliphatic carbocycles. The molecule has 29 heavy (non-hydrogen) atoms. The van der Waals surface area contributed by atoms with E-state index in [0.717, 1.165) is 30.9 Å². The minimum Gasteiger partial charge on any atom is -0.493 e. The summed E-state index contributed by atoms with van der Waals surface area (Å²) in [6, 6.07) is 4.44. The third-order valence-corrected chi connectivity index (χ3v) is 9.54. The predicted octanol–water partition coefficient (Wildman–Crippen LogP) is 0.522. The fourth-order valence-corrected chi connectivity index (χ4v) is 7.80. The Balaban J connectivity index is 1.53. The molecule has 0 bridgehead atoms. The standard InChI is InChI=1S/C19H28N2O6S2/c22-28(23)13-5-17(15-28)21(7-1-6-20-8-11-26-12-9-20)29(24,25)18-2-3-19-16(14-18)4-10-27-19/h2-3,14,17H,1,4-13,15H2. The van der Waals surface area contributed by atoms with E-state index in [2.05, 4.69) is 4.90 Å². The van der Waals surface area contributed by atoms with Crippen molar-refractivity contribution in [2.24, 2.45) is 0 Å². The topological polar surface area (TPSA) is 93.2 Å². The lowest BCUT2D eigenvalue weighted by Gasteiger charge is -2.30. The second-order valence-corrected chi connectivity index (χ2v) is 12.0. The van der Waals surface area contributed by atoms with E-state index in [1.807, 2.05) is 0 Å². The van der Waals surface area contributed by atoms with E-state index in [4.69, 9.17) is 9.47 Å². The number of sulfonamides is 1. The number of hydrogen-bond acceptors (Lipinski definition) is 7. The lowest BCUT2D eigenvalue weighted by atomic mass is 10.2. The molecule has 0 N–H and O–H groups in total. The van der Waals surface area contributed by atoms with Crippen LogP contribution in [0.5, 0.6) is 5.75 Å². The zero-order valence-corrected chi connectivity index (χ0v) is 18.1. The molecule has 3 heterocycles. The largest absolute Gasteiger partial charge is 0.493 e. The Kier molecular flexibility index (Phi) is 6.17. The van der Waals surface area contributed by atoms with Crippen molar-refractivity contribution in [3.05, 3.63) is 23.8 Å². The summed E-state index contributed by atoms with van der Waals surface area (Å²) in [6.07, 6.45) is 1.70. The van der Waals surface area contributed by atoms with Gasteiger partial charge < -0.3 is 9.47 Å². The van der Waals surface area contributed by atoms with Crippen LogP contribution in [0.1, 0.15) is 18.4 Å². The highest BCUT2D eigenvalue weighted by Gasteiger charge is 2.39. The summed E-state index contributed by atoms with van der Waals surface area (Å²) < 4.78 is 63.2. The van der Waals surface area contributed by atoms with Crippen molar-refractivity contribution in [1.29, 1.82) is 0 Å². The van der Waals surface area contributed by atoms with Crippen LogP contribution in [0.3, 0.4) is 0 Å². The van der Waals surface area contributed by atoms with Gasteiger partial charge in [0, 0.05) is 32.1 Å². The molecular formula is C19H28N2O6S2. The molecule has 1 aromatic rings. The highest BCUT2D eigenvalue weighted by Crippen LogP contribution is 2.31. The van der Waals surface area contributed by atoms with Crippen LogP contribution in [0.15, 0.2) is 23.1 Å². The molecule has 1 unspecified atom stereocenters. The van der Waals surface area contributed by atoms with E-state index >= 15 is 0 Å². The first-order valence-corrected chi connectivity index (χ1v) is 13.4. The average Bonchev–Trinajstić information content (AvgIpc) is 3.31. The summed E-state index contributed by atoms with van der Waals surface area (Å²) in [5.41, 5.74) is 0.887.